The summed E-state index contributed by atoms with van der Waals surface area (Å²) in [5, 5.41) is 8.55. The summed E-state index contributed by atoms with van der Waals surface area (Å²) < 4.78 is 5.00. The number of hydrogen-bond acceptors (Lipinski definition) is 7. The molecule has 2 aromatic rings. The first-order valence-corrected chi connectivity index (χ1v) is 7.77. The number of aromatic nitrogens is 3. The van der Waals surface area contributed by atoms with Crippen LogP contribution in [0, 0.1) is 6.92 Å². The highest BCUT2D eigenvalue weighted by Gasteiger charge is 2.34. The molecule has 9 heteroatoms. The number of likely N-dealkylation sites (tertiary alicyclic amines) is 1. The van der Waals surface area contributed by atoms with E-state index in [0.29, 0.717) is 29.1 Å². The Morgan fingerprint density at radius 1 is 1.45 bits per heavy atom. The third kappa shape index (κ3) is 2.84. The van der Waals surface area contributed by atoms with Crippen LogP contribution in [0.15, 0.2) is 9.90 Å². The number of amides is 2. The summed E-state index contributed by atoms with van der Waals surface area (Å²) in [5.41, 5.74) is 0.320. The first-order valence-electron chi connectivity index (χ1n) is 6.89. The van der Waals surface area contributed by atoms with Crippen molar-refractivity contribution in [2.45, 2.75) is 32.7 Å². The molecule has 0 radical (unpaired) electrons. The van der Waals surface area contributed by atoms with E-state index < -0.39 is 0 Å². The van der Waals surface area contributed by atoms with E-state index in [-0.39, 0.29) is 17.9 Å². The van der Waals surface area contributed by atoms with Crippen LogP contribution in [0.1, 0.15) is 48.0 Å². The van der Waals surface area contributed by atoms with Crippen LogP contribution < -0.4 is 5.32 Å². The summed E-state index contributed by atoms with van der Waals surface area (Å²) in [4.78, 5) is 33.7. The average molecular weight is 321 g/mol. The van der Waals surface area contributed by atoms with Gasteiger partial charge in [-0.15, -0.1) is 11.3 Å². The molecular weight excluding hydrogens is 306 g/mol. The first-order chi connectivity index (χ1) is 10.5. The van der Waals surface area contributed by atoms with Gasteiger partial charge < -0.3 is 14.7 Å². The molecule has 1 fully saturated rings. The smallest absolute Gasteiger partial charge is 0.274 e. The van der Waals surface area contributed by atoms with Gasteiger partial charge in [0.15, 0.2) is 11.0 Å². The van der Waals surface area contributed by atoms with Gasteiger partial charge in [-0.3, -0.25) is 9.59 Å². The number of thiazole rings is 1. The second-order valence-electron chi connectivity index (χ2n) is 5.05. The molecule has 1 aliphatic heterocycles. The minimum Gasteiger partial charge on any atom is -0.340 e. The first kappa shape index (κ1) is 14.6. The van der Waals surface area contributed by atoms with Crippen molar-refractivity contribution in [3.63, 3.8) is 0 Å². The van der Waals surface area contributed by atoms with E-state index in [1.54, 1.807) is 17.2 Å². The van der Waals surface area contributed by atoms with Gasteiger partial charge in [-0.25, -0.2) is 4.98 Å². The predicted octanol–water partition coefficient (Wildman–Crippen LogP) is 1.77. The van der Waals surface area contributed by atoms with Crippen LogP contribution in [0.3, 0.4) is 0 Å². The molecule has 8 nitrogen and oxygen atoms in total. The van der Waals surface area contributed by atoms with E-state index >= 15 is 0 Å². The van der Waals surface area contributed by atoms with Crippen molar-refractivity contribution >= 4 is 28.3 Å². The minimum atomic E-state index is -0.213. The van der Waals surface area contributed by atoms with Gasteiger partial charge in [0.25, 0.3) is 5.91 Å². The molecule has 3 heterocycles. The van der Waals surface area contributed by atoms with Gasteiger partial charge in [0, 0.05) is 25.8 Å². The predicted molar refractivity (Wildman–Crippen MR) is 78.5 cm³/mol. The Morgan fingerprint density at radius 3 is 2.95 bits per heavy atom. The summed E-state index contributed by atoms with van der Waals surface area (Å²) in [5.74, 6) is 0.615. The van der Waals surface area contributed by atoms with Gasteiger partial charge in [-0.2, -0.15) is 4.98 Å². The van der Waals surface area contributed by atoms with Crippen molar-refractivity contribution in [2.24, 2.45) is 0 Å². The van der Waals surface area contributed by atoms with Crippen LogP contribution in [0.2, 0.25) is 0 Å². The highest BCUT2D eigenvalue weighted by atomic mass is 32.1. The average Bonchev–Trinajstić information content (AvgIpc) is 3.16. The molecule has 3 rings (SSSR count). The van der Waals surface area contributed by atoms with E-state index in [9.17, 15) is 9.59 Å². The van der Waals surface area contributed by atoms with Crippen molar-refractivity contribution in [3.05, 3.63) is 22.8 Å². The van der Waals surface area contributed by atoms with Crippen LogP contribution in [-0.4, -0.2) is 38.4 Å². The molecule has 0 spiro atoms. The molecule has 116 valence electrons. The number of carbonyl (C=O) groups excluding carboxylic acids is 2. The van der Waals surface area contributed by atoms with Gasteiger partial charge in [-0.05, 0) is 12.8 Å². The second-order valence-corrected chi connectivity index (χ2v) is 5.91. The Balaban J connectivity index is 1.78. The molecule has 2 amide bonds. The van der Waals surface area contributed by atoms with E-state index in [4.69, 9.17) is 4.52 Å². The molecular formula is C13H15N5O3S. The maximum Gasteiger partial charge on any atom is 0.274 e. The molecule has 1 atom stereocenters. The quantitative estimate of drug-likeness (QED) is 0.924. The summed E-state index contributed by atoms with van der Waals surface area (Å²) in [7, 11) is 0. The zero-order chi connectivity index (χ0) is 15.7. The minimum absolute atomic E-state index is 0.183. The molecule has 2 aromatic heterocycles. The number of nitrogens with zero attached hydrogens (tertiary/aromatic N) is 4. The highest BCUT2D eigenvalue weighted by molar-refractivity contribution is 7.14. The van der Waals surface area contributed by atoms with Crippen molar-refractivity contribution in [2.75, 3.05) is 11.9 Å². The van der Waals surface area contributed by atoms with Crippen LogP contribution in [0.5, 0.6) is 0 Å². The Bertz CT molecular complexity index is 710. The molecule has 0 aromatic carbocycles. The number of anilines is 1. The summed E-state index contributed by atoms with van der Waals surface area (Å²) >= 11 is 1.23. The van der Waals surface area contributed by atoms with E-state index in [1.807, 2.05) is 0 Å². The third-order valence-electron chi connectivity index (χ3n) is 3.36. The molecule has 0 unspecified atom stereocenters. The van der Waals surface area contributed by atoms with Gasteiger partial charge in [-0.1, -0.05) is 5.16 Å². The molecule has 0 aliphatic carbocycles. The third-order valence-corrected chi connectivity index (χ3v) is 4.12. The maximum atomic E-state index is 12.6. The van der Waals surface area contributed by atoms with Crippen molar-refractivity contribution in [1.29, 1.82) is 0 Å². The molecule has 0 saturated carbocycles. The van der Waals surface area contributed by atoms with Crippen LogP contribution in [0.4, 0.5) is 5.13 Å². The van der Waals surface area contributed by atoms with Gasteiger partial charge >= 0.3 is 0 Å². The lowest BCUT2D eigenvalue weighted by Gasteiger charge is -2.21. The lowest BCUT2D eigenvalue weighted by atomic mass is 10.2. The Morgan fingerprint density at radius 2 is 2.27 bits per heavy atom. The van der Waals surface area contributed by atoms with Crippen molar-refractivity contribution in [1.82, 2.24) is 20.0 Å². The second kappa shape index (κ2) is 5.84. The number of nitrogens with one attached hydrogen (secondary N) is 1. The van der Waals surface area contributed by atoms with Gasteiger partial charge in [0.05, 0.1) is 6.04 Å². The number of aryl methyl sites for hydroxylation is 1. The van der Waals surface area contributed by atoms with Crippen molar-refractivity contribution < 1.29 is 14.1 Å². The monoisotopic (exact) mass is 321 g/mol. The number of rotatable bonds is 3. The van der Waals surface area contributed by atoms with Gasteiger partial charge in [0.1, 0.15) is 5.69 Å². The molecule has 1 saturated heterocycles. The normalized spacial score (nSPS) is 17.7. The Labute approximate surface area is 130 Å². The fraction of sp³-hybridized carbons (Fsp3) is 0.462. The molecule has 1 aliphatic rings. The lowest BCUT2D eigenvalue weighted by molar-refractivity contribution is -0.114. The maximum absolute atomic E-state index is 12.6. The summed E-state index contributed by atoms with van der Waals surface area (Å²) in [6, 6.07) is -0.184. The zero-order valence-electron chi connectivity index (χ0n) is 12.2. The van der Waals surface area contributed by atoms with Gasteiger partial charge in [0.2, 0.25) is 11.8 Å². The van der Waals surface area contributed by atoms with Crippen LogP contribution in [0.25, 0.3) is 0 Å². The SMILES string of the molecule is CC(=O)Nc1nc(C(=O)N2CCC[C@H]2c2noc(C)n2)cs1. The lowest BCUT2D eigenvalue weighted by Crippen LogP contribution is -2.31. The fourth-order valence-electron chi connectivity index (χ4n) is 2.46. The number of hydrogen-bond donors (Lipinski definition) is 1. The standard InChI is InChI=1S/C13H15N5O3S/c1-7(19)14-13-16-9(6-22-13)12(20)18-5-3-4-10(18)11-15-8(2)21-17-11/h6,10H,3-5H2,1-2H3,(H,14,16,19)/t10-/m0/s1. The zero-order valence-corrected chi connectivity index (χ0v) is 13.0. The summed E-state index contributed by atoms with van der Waals surface area (Å²) in [6.45, 7) is 3.75. The van der Waals surface area contributed by atoms with Crippen molar-refractivity contribution in [3.8, 4) is 0 Å². The summed E-state index contributed by atoms with van der Waals surface area (Å²) in [6.07, 6.45) is 1.68. The van der Waals surface area contributed by atoms with Crippen LogP contribution >= 0.6 is 11.3 Å². The molecule has 1 N–H and O–H groups in total. The van der Waals surface area contributed by atoms with E-state index in [0.717, 1.165) is 12.8 Å². The molecule has 0 bridgehead atoms. The van der Waals surface area contributed by atoms with E-state index in [2.05, 4.69) is 20.4 Å². The Hall–Kier alpha value is -2.29. The Kier molecular flexibility index (Phi) is 3.88. The van der Waals surface area contributed by atoms with Crippen LogP contribution in [-0.2, 0) is 4.79 Å². The van der Waals surface area contributed by atoms with E-state index in [1.165, 1.54) is 18.3 Å². The highest BCUT2D eigenvalue weighted by Crippen LogP contribution is 2.32. The topological polar surface area (TPSA) is 101 Å². The molecule has 22 heavy (non-hydrogen) atoms. The largest absolute Gasteiger partial charge is 0.340 e. The fourth-order valence-corrected chi connectivity index (χ4v) is 3.19. The number of carbonyl (C=O) groups is 2.